The molecule has 1 unspecified atom stereocenters. The van der Waals surface area contributed by atoms with E-state index in [0.29, 0.717) is 0 Å². The van der Waals surface area contributed by atoms with E-state index in [0.717, 1.165) is 6.42 Å². The van der Waals surface area contributed by atoms with E-state index in [1.807, 2.05) is 6.92 Å². The summed E-state index contributed by atoms with van der Waals surface area (Å²) in [6, 6.07) is 0. The lowest BCUT2D eigenvalue weighted by Gasteiger charge is -2.31. The van der Waals surface area contributed by atoms with Gasteiger partial charge in [-0.05, 0) is 38.3 Å². The molecule has 68 valence electrons. The van der Waals surface area contributed by atoms with E-state index in [1.165, 1.54) is 0 Å². The monoisotopic (exact) mass is 480 g/mol. The van der Waals surface area contributed by atoms with Crippen molar-refractivity contribution in [2.24, 2.45) is 0 Å². The second kappa shape index (κ2) is 4.71. The fourth-order valence-electron chi connectivity index (χ4n) is 0.434. The first-order chi connectivity index (χ1) is 4.73. The van der Waals surface area contributed by atoms with Crippen molar-refractivity contribution in [3.8, 4) is 0 Å². The minimum Gasteiger partial charge on any atom is -0.216 e. The fourth-order valence-corrected chi connectivity index (χ4v) is 2.56. The summed E-state index contributed by atoms with van der Waals surface area (Å²) in [7, 11) is 0. The Balaban J connectivity index is 4.45. The van der Waals surface area contributed by atoms with E-state index in [1.54, 1.807) is 0 Å². The van der Waals surface area contributed by atoms with Gasteiger partial charge in [-0.2, -0.15) is 0 Å². The predicted molar refractivity (Wildman–Crippen MR) is 65.3 cm³/mol. The maximum absolute atomic E-state index is 13.3. The van der Waals surface area contributed by atoms with Crippen molar-refractivity contribution in [1.29, 1.82) is 0 Å². The van der Waals surface area contributed by atoms with Crippen molar-refractivity contribution >= 4 is 79.6 Å². The van der Waals surface area contributed by atoms with Gasteiger partial charge in [0.2, 0.25) is 3.49 Å². The summed E-state index contributed by atoms with van der Waals surface area (Å²) in [6.45, 7) is 1.96. The van der Waals surface area contributed by atoms with Gasteiger partial charge in [-0.1, -0.05) is 54.7 Å². The third kappa shape index (κ3) is 3.52. The average Bonchev–Trinajstić information content (AvgIpc) is 1.83. The number of hydrogen-bond acceptors (Lipinski definition) is 0. The van der Waals surface area contributed by atoms with Gasteiger partial charge in [0, 0.05) is 4.83 Å². The van der Waals surface area contributed by atoms with Crippen molar-refractivity contribution < 1.29 is 4.39 Å². The molecule has 0 saturated carbocycles. The zero-order valence-corrected chi connectivity index (χ0v) is 13.5. The highest BCUT2D eigenvalue weighted by atomic mass is 79.9. The molecule has 0 bridgehead atoms. The zero-order valence-electron chi connectivity index (χ0n) is 5.55. The topological polar surface area (TPSA) is 0 Å². The second-order valence-electron chi connectivity index (χ2n) is 2.00. The molecule has 0 N–H and O–H groups in total. The molecule has 0 aliphatic carbocycles. The first kappa shape index (κ1) is 13.3. The molecular formula is C5H6Br5F. The summed E-state index contributed by atoms with van der Waals surface area (Å²) in [5.41, 5.74) is 0. The Morgan fingerprint density at radius 3 is 1.73 bits per heavy atom. The molecule has 0 heterocycles. The van der Waals surface area contributed by atoms with E-state index >= 15 is 0 Å². The zero-order chi connectivity index (χ0) is 9.28. The Bertz CT molecular complexity index is 129. The molecule has 0 amide bonds. The van der Waals surface area contributed by atoms with E-state index in [-0.39, 0.29) is 4.83 Å². The van der Waals surface area contributed by atoms with Crippen molar-refractivity contribution in [2.75, 3.05) is 0 Å². The summed E-state index contributed by atoms with van der Waals surface area (Å²) in [4.78, 5) is -0.0150. The highest BCUT2D eigenvalue weighted by Gasteiger charge is 2.49. The first-order valence-corrected chi connectivity index (χ1v) is 6.90. The van der Waals surface area contributed by atoms with E-state index < -0.39 is 6.72 Å². The lowest BCUT2D eigenvalue weighted by Crippen LogP contribution is -2.38. The van der Waals surface area contributed by atoms with Gasteiger partial charge in [0.15, 0.2) is 0 Å². The third-order valence-electron chi connectivity index (χ3n) is 1.13. The van der Waals surface area contributed by atoms with Crippen molar-refractivity contribution in [2.45, 2.75) is 24.9 Å². The summed E-state index contributed by atoms with van der Waals surface area (Å²) in [5, 5.41) is 0. The fraction of sp³-hybridized carbons (Fsp3) is 1.00. The lowest BCUT2D eigenvalue weighted by molar-refractivity contribution is 0.402. The minimum absolute atomic E-state index is 0.0150. The lowest BCUT2D eigenvalue weighted by atomic mass is 10.3. The van der Waals surface area contributed by atoms with Gasteiger partial charge in [-0.3, -0.25) is 0 Å². The van der Waals surface area contributed by atoms with Gasteiger partial charge in [-0.15, -0.1) is 0 Å². The van der Waals surface area contributed by atoms with Crippen LogP contribution in [0.1, 0.15) is 13.3 Å². The van der Waals surface area contributed by atoms with Gasteiger partial charge in [0.05, 0.1) is 0 Å². The molecule has 0 rings (SSSR count). The maximum atomic E-state index is 13.3. The van der Waals surface area contributed by atoms with Crippen LogP contribution in [-0.2, 0) is 0 Å². The first-order valence-electron chi connectivity index (χ1n) is 2.82. The normalized spacial score (nSPS) is 16.6. The van der Waals surface area contributed by atoms with Crippen molar-refractivity contribution in [1.82, 2.24) is 0 Å². The van der Waals surface area contributed by atoms with Gasteiger partial charge < -0.3 is 0 Å². The van der Waals surface area contributed by atoms with Crippen LogP contribution < -0.4 is 0 Å². The van der Waals surface area contributed by atoms with E-state index in [2.05, 4.69) is 79.6 Å². The summed E-state index contributed by atoms with van der Waals surface area (Å²) < 4.78 is 10.8. The van der Waals surface area contributed by atoms with Crippen LogP contribution in [0.15, 0.2) is 0 Å². The molecule has 0 fully saturated rings. The molecule has 0 nitrogen and oxygen atoms in total. The molecule has 0 spiro atoms. The minimum atomic E-state index is -1.67. The molecule has 0 aliphatic heterocycles. The second-order valence-corrected chi connectivity index (χ2v) is 9.92. The third-order valence-corrected chi connectivity index (χ3v) is 9.27. The highest BCUT2D eigenvalue weighted by molar-refractivity contribution is 9.30. The average molecular weight is 485 g/mol. The Labute approximate surface area is 108 Å². The Morgan fingerprint density at radius 2 is 1.64 bits per heavy atom. The van der Waals surface area contributed by atoms with Gasteiger partial charge in [0.1, 0.15) is 3.23 Å². The van der Waals surface area contributed by atoms with Crippen LogP contribution in [0.2, 0.25) is 0 Å². The summed E-state index contributed by atoms with van der Waals surface area (Å²) >= 11 is 15.5. The van der Waals surface area contributed by atoms with Gasteiger partial charge in [0.25, 0.3) is 0 Å². The Kier molecular flexibility index (Phi) is 5.71. The van der Waals surface area contributed by atoms with Crippen LogP contribution in [0, 0.1) is 0 Å². The maximum Gasteiger partial charge on any atom is 0.244 e. The van der Waals surface area contributed by atoms with E-state index in [4.69, 9.17) is 0 Å². The molecule has 11 heavy (non-hydrogen) atoms. The molecule has 0 aromatic heterocycles. The smallest absolute Gasteiger partial charge is 0.216 e. The van der Waals surface area contributed by atoms with E-state index in [9.17, 15) is 4.39 Å². The van der Waals surface area contributed by atoms with Crippen molar-refractivity contribution in [3.05, 3.63) is 0 Å². The largest absolute Gasteiger partial charge is 0.244 e. The number of hydrogen-bond donors (Lipinski definition) is 0. The van der Waals surface area contributed by atoms with Crippen LogP contribution in [0.5, 0.6) is 0 Å². The predicted octanol–water partition coefficient (Wildman–Crippen LogP) is 5.06. The van der Waals surface area contributed by atoms with Gasteiger partial charge in [-0.25, -0.2) is 4.39 Å². The number of rotatable bonds is 3. The van der Waals surface area contributed by atoms with Gasteiger partial charge >= 0.3 is 0 Å². The quantitative estimate of drug-likeness (QED) is 0.492. The number of alkyl halides is 6. The highest BCUT2D eigenvalue weighted by Crippen LogP contribution is 2.53. The number of halogens is 6. The van der Waals surface area contributed by atoms with Crippen LogP contribution >= 0.6 is 79.6 Å². The van der Waals surface area contributed by atoms with Crippen molar-refractivity contribution in [3.63, 3.8) is 0 Å². The molecule has 0 aliphatic rings. The molecule has 6 heteroatoms. The Morgan fingerprint density at radius 1 is 1.27 bits per heavy atom. The van der Waals surface area contributed by atoms with Crippen LogP contribution in [-0.4, -0.2) is 11.5 Å². The standard InChI is InChI=1S/C5H6Br5F/c1-2-3(6)4(7,8)5(9,10)11/h3H,2H2,1H3. The molecule has 0 aromatic rings. The van der Waals surface area contributed by atoms with Crippen LogP contribution in [0.3, 0.4) is 0 Å². The molecular weight excluding hydrogens is 479 g/mol. The van der Waals surface area contributed by atoms with Crippen LogP contribution in [0.25, 0.3) is 0 Å². The van der Waals surface area contributed by atoms with Crippen LogP contribution in [0.4, 0.5) is 4.39 Å². The SMILES string of the molecule is CCC(Br)C(Br)(Br)C(F)(Br)Br. The molecule has 0 radical (unpaired) electrons. The molecule has 0 saturated heterocycles. The summed E-state index contributed by atoms with van der Waals surface area (Å²) in [6.07, 6.45) is 0.805. The molecule has 0 aromatic carbocycles. The Hall–Kier alpha value is 2.33. The summed E-state index contributed by atoms with van der Waals surface area (Å²) in [5.74, 6) is 0. The molecule has 1 atom stereocenters.